The Bertz CT molecular complexity index is 757. The van der Waals surface area contributed by atoms with Crippen LogP contribution in [0.5, 0.6) is 5.88 Å². The Kier molecular flexibility index (Phi) is 4.19. The molecule has 2 atom stereocenters. The monoisotopic (exact) mass is 341 g/mol. The number of fused-ring (bicyclic) bond motifs is 1. The Labute approximate surface area is 145 Å². The Morgan fingerprint density at radius 2 is 2.08 bits per heavy atom. The molecule has 0 bridgehead atoms. The van der Waals surface area contributed by atoms with Crippen LogP contribution in [0.15, 0.2) is 36.7 Å². The number of pyridine rings is 1. The number of carbonyl (C=O) groups is 1. The number of nitrogens with zero attached hydrogens (tertiary/aromatic N) is 5. The summed E-state index contributed by atoms with van der Waals surface area (Å²) in [7, 11) is 1.53. The summed E-state index contributed by atoms with van der Waals surface area (Å²) in [5.74, 6) is 0.985. The van der Waals surface area contributed by atoms with Crippen molar-refractivity contribution < 1.29 is 14.3 Å². The molecule has 8 nitrogen and oxygen atoms in total. The maximum absolute atomic E-state index is 12.8. The maximum Gasteiger partial charge on any atom is 0.272 e. The van der Waals surface area contributed by atoms with Crippen molar-refractivity contribution in [1.82, 2.24) is 19.9 Å². The van der Waals surface area contributed by atoms with Crippen LogP contribution in [0.1, 0.15) is 10.5 Å². The first kappa shape index (κ1) is 15.8. The molecule has 8 heteroatoms. The smallest absolute Gasteiger partial charge is 0.272 e. The van der Waals surface area contributed by atoms with Crippen molar-refractivity contribution in [2.75, 3.05) is 38.3 Å². The molecule has 2 aliphatic heterocycles. The van der Waals surface area contributed by atoms with Crippen molar-refractivity contribution in [3.8, 4) is 5.88 Å². The largest absolute Gasteiger partial charge is 0.481 e. The average Bonchev–Trinajstić information content (AvgIpc) is 3.12. The minimum atomic E-state index is -0.120. The topological polar surface area (TPSA) is 80.7 Å². The Morgan fingerprint density at radius 3 is 2.88 bits per heavy atom. The fourth-order valence-corrected chi connectivity index (χ4v) is 3.35. The van der Waals surface area contributed by atoms with E-state index >= 15 is 0 Å². The predicted molar refractivity (Wildman–Crippen MR) is 89.6 cm³/mol. The average molecular weight is 341 g/mol. The zero-order chi connectivity index (χ0) is 17.2. The molecule has 0 aromatic carbocycles. The molecular formula is C17H19N5O3. The van der Waals surface area contributed by atoms with E-state index in [1.807, 2.05) is 0 Å². The van der Waals surface area contributed by atoms with E-state index in [0.717, 1.165) is 0 Å². The number of hydrogen-bond donors (Lipinski definition) is 0. The third kappa shape index (κ3) is 3.00. The molecular weight excluding hydrogens is 322 g/mol. The van der Waals surface area contributed by atoms with Crippen molar-refractivity contribution in [2.45, 2.75) is 12.1 Å². The van der Waals surface area contributed by atoms with E-state index in [2.05, 4.69) is 19.9 Å². The van der Waals surface area contributed by atoms with Crippen LogP contribution in [-0.2, 0) is 4.74 Å². The van der Waals surface area contributed by atoms with Crippen molar-refractivity contribution in [1.29, 1.82) is 0 Å². The van der Waals surface area contributed by atoms with Crippen LogP contribution in [0.2, 0.25) is 0 Å². The molecule has 25 heavy (non-hydrogen) atoms. The van der Waals surface area contributed by atoms with E-state index in [4.69, 9.17) is 9.47 Å². The van der Waals surface area contributed by atoms with Crippen LogP contribution in [0.4, 0.5) is 5.95 Å². The maximum atomic E-state index is 12.8. The summed E-state index contributed by atoms with van der Waals surface area (Å²) < 4.78 is 11.0. The fourth-order valence-electron chi connectivity index (χ4n) is 3.35. The lowest BCUT2D eigenvalue weighted by molar-refractivity contribution is 0.0296. The van der Waals surface area contributed by atoms with Crippen LogP contribution < -0.4 is 9.64 Å². The highest BCUT2D eigenvalue weighted by atomic mass is 16.5. The first-order valence-electron chi connectivity index (χ1n) is 8.22. The minimum Gasteiger partial charge on any atom is -0.481 e. The highest BCUT2D eigenvalue weighted by molar-refractivity contribution is 5.92. The first-order valence-corrected chi connectivity index (χ1v) is 8.22. The molecule has 0 spiro atoms. The summed E-state index contributed by atoms with van der Waals surface area (Å²) in [4.78, 5) is 29.6. The van der Waals surface area contributed by atoms with E-state index < -0.39 is 0 Å². The van der Waals surface area contributed by atoms with Gasteiger partial charge in [0, 0.05) is 38.1 Å². The minimum absolute atomic E-state index is 0.0470. The SMILES string of the molecule is COc1cccc(C(=O)N2C[C@@H]3OCCN(c4ncccn4)[C@H]3C2)n1. The second-order valence-electron chi connectivity index (χ2n) is 5.99. The van der Waals surface area contributed by atoms with Gasteiger partial charge in [-0.15, -0.1) is 0 Å². The summed E-state index contributed by atoms with van der Waals surface area (Å²) >= 11 is 0. The molecule has 2 aromatic heterocycles. The van der Waals surface area contributed by atoms with Crippen LogP contribution in [0, 0.1) is 0 Å². The second-order valence-corrected chi connectivity index (χ2v) is 5.99. The molecule has 2 saturated heterocycles. The molecule has 2 aliphatic rings. The number of rotatable bonds is 3. The highest BCUT2D eigenvalue weighted by Crippen LogP contribution is 2.26. The summed E-state index contributed by atoms with van der Waals surface area (Å²) in [6.07, 6.45) is 3.41. The molecule has 0 N–H and O–H groups in total. The zero-order valence-electron chi connectivity index (χ0n) is 13.9. The lowest BCUT2D eigenvalue weighted by Crippen LogP contribution is -2.51. The summed E-state index contributed by atoms with van der Waals surface area (Å²) in [6.45, 7) is 2.40. The predicted octanol–water partition coefficient (Wildman–Crippen LogP) is 0.610. The number of amides is 1. The van der Waals surface area contributed by atoms with Gasteiger partial charge in [-0.2, -0.15) is 0 Å². The van der Waals surface area contributed by atoms with Gasteiger partial charge in [-0.1, -0.05) is 6.07 Å². The van der Waals surface area contributed by atoms with E-state index in [-0.39, 0.29) is 18.1 Å². The number of aromatic nitrogens is 3. The van der Waals surface area contributed by atoms with E-state index in [1.165, 1.54) is 7.11 Å². The van der Waals surface area contributed by atoms with Gasteiger partial charge in [0.05, 0.1) is 25.9 Å². The van der Waals surface area contributed by atoms with Crippen LogP contribution >= 0.6 is 0 Å². The van der Waals surface area contributed by atoms with Gasteiger partial charge >= 0.3 is 0 Å². The van der Waals surface area contributed by atoms with Gasteiger partial charge in [-0.3, -0.25) is 4.79 Å². The lowest BCUT2D eigenvalue weighted by atomic mass is 10.1. The van der Waals surface area contributed by atoms with Gasteiger partial charge in [-0.05, 0) is 12.1 Å². The fraction of sp³-hybridized carbons (Fsp3) is 0.412. The lowest BCUT2D eigenvalue weighted by Gasteiger charge is -2.36. The quantitative estimate of drug-likeness (QED) is 0.809. The van der Waals surface area contributed by atoms with Crippen molar-refractivity contribution in [3.63, 3.8) is 0 Å². The Morgan fingerprint density at radius 1 is 1.24 bits per heavy atom. The first-order chi connectivity index (χ1) is 12.3. The van der Waals surface area contributed by atoms with Gasteiger partial charge in [0.1, 0.15) is 5.69 Å². The second kappa shape index (κ2) is 6.64. The molecule has 1 amide bonds. The Hall–Kier alpha value is -2.74. The molecule has 0 aliphatic carbocycles. The summed E-state index contributed by atoms with van der Waals surface area (Å²) in [6, 6.07) is 7.03. The number of morpholine rings is 1. The number of hydrogen-bond acceptors (Lipinski definition) is 7. The normalized spacial score (nSPS) is 22.6. The number of carbonyl (C=O) groups excluding carboxylic acids is 1. The number of methoxy groups -OCH3 is 1. The molecule has 0 saturated carbocycles. The van der Waals surface area contributed by atoms with Gasteiger partial charge in [0.2, 0.25) is 11.8 Å². The van der Waals surface area contributed by atoms with E-state index in [1.54, 1.807) is 41.6 Å². The number of ether oxygens (including phenoxy) is 2. The molecule has 0 unspecified atom stereocenters. The van der Waals surface area contributed by atoms with Crippen LogP contribution in [0.25, 0.3) is 0 Å². The molecule has 2 aromatic rings. The van der Waals surface area contributed by atoms with Gasteiger partial charge in [0.15, 0.2) is 0 Å². The third-order valence-corrected chi connectivity index (χ3v) is 4.55. The van der Waals surface area contributed by atoms with Gasteiger partial charge in [0.25, 0.3) is 5.91 Å². The molecule has 2 fully saturated rings. The standard InChI is InChI=1S/C17H19N5O3/c1-24-15-5-2-4-12(20-15)16(23)21-10-13-14(11-21)25-9-8-22(13)17-18-6-3-7-19-17/h2-7,13-14H,8-11H2,1H3/t13-,14-/m0/s1. The summed E-state index contributed by atoms with van der Waals surface area (Å²) in [5.41, 5.74) is 0.375. The van der Waals surface area contributed by atoms with Gasteiger partial charge in [-0.25, -0.2) is 15.0 Å². The zero-order valence-corrected chi connectivity index (χ0v) is 13.9. The number of anilines is 1. The highest BCUT2D eigenvalue weighted by Gasteiger charge is 2.43. The van der Waals surface area contributed by atoms with Crippen LogP contribution in [0.3, 0.4) is 0 Å². The van der Waals surface area contributed by atoms with Crippen LogP contribution in [-0.4, -0.2) is 71.3 Å². The molecule has 130 valence electrons. The van der Waals surface area contributed by atoms with E-state index in [0.29, 0.717) is 43.8 Å². The molecule has 4 heterocycles. The van der Waals surface area contributed by atoms with Crippen molar-refractivity contribution in [3.05, 3.63) is 42.4 Å². The third-order valence-electron chi connectivity index (χ3n) is 4.55. The van der Waals surface area contributed by atoms with Gasteiger partial charge < -0.3 is 19.3 Å². The Balaban J connectivity index is 1.53. The van der Waals surface area contributed by atoms with Crippen molar-refractivity contribution >= 4 is 11.9 Å². The summed E-state index contributed by atoms with van der Waals surface area (Å²) in [5, 5.41) is 0. The molecule has 0 radical (unpaired) electrons. The number of likely N-dealkylation sites (tertiary alicyclic amines) is 1. The van der Waals surface area contributed by atoms with Crippen molar-refractivity contribution in [2.24, 2.45) is 0 Å². The van der Waals surface area contributed by atoms with E-state index in [9.17, 15) is 4.79 Å². The molecule has 4 rings (SSSR count).